The Morgan fingerprint density at radius 1 is 1.03 bits per heavy atom. The van der Waals surface area contributed by atoms with Gasteiger partial charge in [0.05, 0.1) is 6.54 Å². The second kappa shape index (κ2) is 9.47. The van der Waals surface area contributed by atoms with Crippen LogP contribution in [0.3, 0.4) is 0 Å². The molecule has 1 saturated carbocycles. The fourth-order valence-electron chi connectivity index (χ4n) is 3.64. The minimum Gasteiger partial charge on any atom is -0.342 e. The number of benzene rings is 2. The van der Waals surface area contributed by atoms with Gasteiger partial charge in [-0.2, -0.15) is 0 Å². The third kappa shape index (κ3) is 4.59. The van der Waals surface area contributed by atoms with Crippen molar-refractivity contribution < 1.29 is 4.79 Å². The lowest BCUT2D eigenvalue weighted by atomic mass is 10.1. The highest BCUT2D eigenvalue weighted by Crippen LogP contribution is 2.42. The molecular weight excluding hydrogens is 392 g/mol. The summed E-state index contributed by atoms with van der Waals surface area (Å²) >= 11 is 1.52. The molecule has 0 saturated heterocycles. The number of carbonyl (C=O) groups excluding carboxylic acids is 1. The zero-order valence-corrected chi connectivity index (χ0v) is 18.4. The van der Waals surface area contributed by atoms with Crippen LogP contribution in [-0.4, -0.2) is 38.7 Å². The predicted octanol–water partition coefficient (Wildman–Crippen LogP) is 4.91. The largest absolute Gasteiger partial charge is 0.342 e. The Balaban J connectivity index is 1.68. The molecule has 1 fully saturated rings. The third-order valence-electron chi connectivity index (χ3n) is 5.50. The normalized spacial score (nSPS) is 14.5. The number of aromatic nitrogens is 3. The highest BCUT2D eigenvalue weighted by Gasteiger charge is 2.33. The van der Waals surface area contributed by atoms with Crippen LogP contribution in [0.25, 0.3) is 0 Å². The Labute approximate surface area is 182 Å². The molecule has 1 unspecified atom stereocenters. The van der Waals surface area contributed by atoms with Crippen molar-refractivity contribution in [2.75, 3.05) is 13.1 Å². The van der Waals surface area contributed by atoms with Gasteiger partial charge in [0.2, 0.25) is 5.91 Å². The molecule has 1 aliphatic carbocycles. The molecule has 0 N–H and O–H groups in total. The lowest BCUT2D eigenvalue weighted by Gasteiger charge is -2.25. The maximum Gasteiger partial charge on any atom is 0.240 e. The summed E-state index contributed by atoms with van der Waals surface area (Å²) in [4.78, 5) is 15.3. The molecule has 0 radical (unpaired) electrons. The Morgan fingerprint density at radius 2 is 1.67 bits per heavy atom. The quantitative estimate of drug-likeness (QED) is 0.462. The van der Waals surface area contributed by atoms with E-state index in [4.69, 9.17) is 0 Å². The van der Waals surface area contributed by atoms with E-state index in [1.54, 1.807) is 0 Å². The van der Waals surface area contributed by atoms with Crippen molar-refractivity contribution in [3.63, 3.8) is 0 Å². The first-order valence-electron chi connectivity index (χ1n) is 10.7. The highest BCUT2D eigenvalue weighted by molar-refractivity contribution is 8.00. The topological polar surface area (TPSA) is 51.0 Å². The maximum absolute atomic E-state index is 13.4. The lowest BCUT2D eigenvalue weighted by molar-refractivity contribution is -0.130. The number of hydrogen-bond acceptors (Lipinski definition) is 4. The van der Waals surface area contributed by atoms with Crippen LogP contribution in [0.1, 0.15) is 54.8 Å². The summed E-state index contributed by atoms with van der Waals surface area (Å²) < 4.78 is 2.21. The summed E-state index contributed by atoms with van der Waals surface area (Å²) in [5.41, 5.74) is 2.22. The van der Waals surface area contributed by atoms with Gasteiger partial charge in [0.15, 0.2) is 5.16 Å². The van der Waals surface area contributed by atoms with E-state index in [1.807, 2.05) is 55.1 Å². The van der Waals surface area contributed by atoms with Crippen LogP contribution in [0.2, 0.25) is 0 Å². The number of thioether (sulfide) groups is 1. The molecule has 5 nitrogen and oxygen atoms in total. The second-order valence-electron chi connectivity index (χ2n) is 7.61. The van der Waals surface area contributed by atoms with E-state index in [2.05, 4.69) is 39.0 Å². The van der Waals surface area contributed by atoms with Gasteiger partial charge >= 0.3 is 0 Å². The van der Waals surface area contributed by atoms with E-state index in [0.717, 1.165) is 35.9 Å². The molecule has 0 aliphatic heterocycles. The lowest BCUT2D eigenvalue weighted by Crippen LogP contribution is -2.34. The van der Waals surface area contributed by atoms with E-state index in [1.165, 1.54) is 17.3 Å². The van der Waals surface area contributed by atoms with Gasteiger partial charge in [-0.05, 0) is 37.8 Å². The van der Waals surface area contributed by atoms with Gasteiger partial charge in [0, 0.05) is 19.0 Å². The molecule has 6 heteroatoms. The second-order valence-corrected chi connectivity index (χ2v) is 8.68. The molecule has 30 heavy (non-hydrogen) atoms. The molecule has 1 atom stereocenters. The number of hydrogen-bond donors (Lipinski definition) is 0. The van der Waals surface area contributed by atoms with Gasteiger partial charge in [-0.25, -0.2) is 0 Å². The molecule has 1 heterocycles. The highest BCUT2D eigenvalue weighted by atomic mass is 32.2. The van der Waals surface area contributed by atoms with E-state index < -0.39 is 0 Å². The van der Waals surface area contributed by atoms with Gasteiger partial charge in [0.25, 0.3) is 0 Å². The summed E-state index contributed by atoms with van der Waals surface area (Å²) in [7, 11) is 0. The third-order valence-corrected chi connectivity index (χ3v) is 6.72. The van der Waals surface area contributed by atoms with Gasteiger partial charge in [-0.3, -0.25) is 4.79 Å². The Bertz CT molecular complexity index is 965. The fraction of sp³-hybridized carbons (Fsp3) is 0.375. The van der Waals surface area contributed by atoms with Gasteiger partial charge in [-0.15, -0.1) is 10.2 Å². The molecule has 0 spiro atoms. The molecule has 1 aromatic heterocycles. The van der Waals surface area contributed by atoms with Gasteiger partial charge < -0.3 is 9.47 Å². The van der Waals surface area contributed by atoms with Gasteiger partial charge in [0.1, 0.15) is 11.1 Å². The number of carbonyl (C=O) groups is 1. The number of nitrogens with zero attached hydrogens (tertiary/aromatic N) is 4. The smallest absolute Gasteiger partial charge is 0.240 e. The average molecular weight is 421 g/mol. The standard InChI is InChI=1S/C24H28N4OS/c1-3-27(4-2)23(29)21(19-13-9-6-10-14-19)30-24-26-25-22(20-15-16-20)28(24)17-18-11-7-5-8-12-18/h5-14,20-21H,3-4,15-17H2,1-2H3. The molecule has 4 rings (SSSR count). The number of likely N-dealkylation sites (N-methyl/N-ethyl adjacent to an activating group) is 1. The molecule has 1 amide bonds. The number of rotatable bonds is 9. The zero-order valence-electron chi connectivity index (χ0n) is 17.6. The average Bonchev–Trinajstić information content (AvgIpc) is 3.56. The summed E-state index contributed by atoms with van der Waals surface area (Å²) in [5.74, 6) is 1.66. The van der Waals surface area contributed by atoms with Crippen LogP contribution >= 0.6 is 11.8 Å². The van der Waals surface area contributed by atoms with Crippen LogP contribution in [0.5, 0.6) is 0 Å². The zero-order chi connectivity index (χ0) is 20.9. The Morgan fingerprint density at radius 3 is 2.27 bits per heavy atom. The van der Waals surface area contributed by atoms with Crippen molar-refractivity contribution in [3.8, 4) is 0 Å². The minimum absolute atomic E-state index is 0.124. The van der Waals surface area contributed by atoms with Crippen LogP contribution in [0, 0.1) is 0 Å². The Kier molecular flexibility index (Phi) is 6.53. The van der Waals surface area contributed by atoms with Crippen LogP contribution in [-0.2, 0) is 11.3 Å². The molecular formula is C24H28N4OS. The minimum atomic E-state index is -0.336. The first-order chi connectivity index (χ1) is 14.7. The Hall–Kier alpha value is -2.60. The fourth-order valence-corrected chi connectivity index (χ4v) is 4.77. The van der Waals surface area contributed by atoms with Crippen molar-refractivity contribution in [3.05, 3.63) is 77.6 Å². The van der Waals surface area contributed by atoms with Crippen molar-refractivity contribution in [1.29, 1.82) is 0 Å². The molecule has 3 aromatic rings. The summed E-state index contributed by atoms with van der Waals surface area (Å²) in [6, 6.07) is 20.4. The maximum atomic E-state index is 13.4. The van der Waals surface area contributed by atoms with Gasteiger partial charge in [-0.1, -0.05) is 72.4 Å². The molecule has 1 aliphatic rings. The van der Waals surface area contributed by atoms with Crippen molar-refractivity contribution in [1.82, 2.24) is 19.7 Å². The van der Waals surface area contributed by atoms with E-state index in [-0.39, 0.29) is 11.2 Å². The predicted molar refractivity (Wildman–Crippen MR) is 121 cm³/mol. The first kappa shape index (κ1) is 20.7. The van der Waals surface area contributed by atoms with E-state index in [9.17, 15) is 4.79 Å². The summed E-state index contributed by atoms with van der Waals surface area (Å²) in [6.07, 6.45) is 2.33. The summed E-state index contributed by atoms with van der Waals surface area (Å²) in [6.45, 7) is 6.17. The number of amides is 1. The summed E-state index contributed by atoms with van der Waals surface area (Å²) in [5, 5.41) is 9.55. The van der Waals surface area contributed by atoms with Crippen LogP contribution in [0.4, 0.5) is 0 Å². The molecule has 2 aromatic carbocycles. The van der Waals surface area contributed by atoms with Crippen molar-refractivity contribution in [2.45, 2.75) is 49.6 Å². The molecule has 156 valence electrons. The van der Waals surface area contributed by atoms with E-state index in [0.29, 0.717) is 19.0 Å². The monoisotopic (exact) mass is 420 g/mol. The van der Waals surface area contributed by atoms with Crippen molar-refractivity contribution >= 4 is 17.7 Å². The van der Waals surface area contributed by atoms with E-state index >= 15 is 0 Å². The van der Waals surface area contributed by atoms with Crippen molar-refractivity contribution in [2.24, 2.45) is 0 Å². The SMILES string of the molecule is CCN(CC)C(=O)C(Sc1nnc(C2CC2)n1Cc1ccccc1)c1ccccc1. The first-order valence-corrected chi connectivity index (χ1v) is 11.6. The van der Waals surface area contributed by atoms with Crippen LogP contribution in [0.15, 0.2) is 65.8 Å². The van der Waals surface area contributed by atoms with Crippen LogP contribution < -0.4 is 0 Å². The molecule has 0 bridgehead atoms.